The molecule has 4 aromatic rings. The van der Waals surface area contributed by atoms with E-state index in [0.717, 1.165) is 11.1 Å². The Morgan fingerprint density at radius 3 is 2.00 bits per heavy atom. The minimum Gasteiger partial charge on any atom is -0.483 e. The average molecular weight is 400 g/mol. The van der Waals surface area contributed by atoms with Gasteiger partial charge < -0.3 is 9.47 Å². The van der Waals surface area contributed by atoms with E-state index in [1.54, 1.807) is 19.1 Å². The molecule has 4 nitrogen and oxygen atoms in total. The molecular weight excluding hydrogens is 379 g/mol. The molecule has 0 amide bonds. The number of aromatic nitrogens is 2. The van der Waals surface area contributed by atoms with E-state index in [-0.39, 0.29) is 5.82 Å². The smallest absolute Gasteiger partial charge is 0.276 e. The van der Waals surface area contributed by atoms with Crippen molar-refractivity contribution in [1.29, 1.82) is 0 Å². The van der Waals surface area contributed by atoms with Crippen LogP contribution in [0.1, 0.15) is 16.7 Å². The SMILES string of the molecule is Cc1ccc(-c2cc(OCc3ccccc3)c(OCc3ccccc3)nn2)cc1F. The minimum atomic E-state index is -0.287. The Morgan fingerprint density at radius 2 is 1.37 bits per heavy atom. The second-order valence-corrected chi connectivity index (χ2v) is 6.91. The van der Waals surface area contributed by atoms with Gasteiger partial charge in [-0.1, -0.05) is 72.8 Å². The summed E-state index contributed by atoms with van der Waals surface area (Å²) in [5.41, 5.74) is 3.76. The van der Waals surface area contributed by atoms with Crippen LogP contribution in [0.3, 0.4) is 0 Å². The maximum atomic E-state index is 14.0. The molecule has 0 unspecified atom stereocenters. The van der Waals surface area contributed by atoms with Crippen LogP contribution >= 0.6 is 0 Å². The predicted octanol–water partition coefficient (Wildman–Crippen LogP) is 5.75. The third-order valence-corrected chi connectivity index (χ3v) is 4.65. The summed E-state index contributed by atoms with van der Waals surface area (Å²) in [6, 6.07) is 26.3. The highest BCUT2D eigenvalue weighted by molar-refractivity contribution is 5.61. The molecule has 0 saturated carbocycles. The second-order valence-electron chi connectivity index (χ2n) is 6.91. The summed E-state index contributed by atoms with van der Waals surface area (Å²) in [4.78, 5) is 0. The normalized spacial score (nSPS) is 10.6. The lowest BCUT2D eigenvalue weighted by Crippen LogP contribution is -2.04. The van der Waals surface area contributed by atoms with Crippen molar-refractivity contribution in [2.45, 2.75) is 20.1 Å². The van der Waals surface area contributed by atoms with Gasteiger partial charge in [0.25, 0.3) is 5.88 Å². The Bertz CT molecular complexity index is 1120. The lowest BCUT2D eigenvalue weighted by molar-refractivity contribution is 0.244. The van der Waals surface area contributed by atoms with Crippen LogP contribution in [0.25, 0.3) is 11.3 Å². The van der Waals surface area contributed by atoms with E-state index in [0.29, 0.717) is 41.7 Å². The second kappa shape index (κ2) is 9.18. The Kier molecular flexibility index (Phi) is 5.99. The molecule has 0 bridgehead atoms. The first-order valence-electron chi connectivity index (χ1n) is 9.67. The van der Waals surface area contributed by atoms with E-state index in [1.807, 2.05) is 66.7 Å². The fourth-order valence-corrected chi connectivity index (χ4v) is 2.92. The summed E-state index contributed by atoms with van der Waals surface area (Å²) < 4.78 is 25.9. The van der Waals surface area contributed by atoms with Crippen LogP contribution in [0.2, 0.25) is 0 Å². The Balaban J connectivity index is 1.61. The maximum absolute atomic E-state index is 14.0. The zero-order chi connectivity index (χ0) is 20.8. The maximum Gasteiger partial charge on any atom is 0.276 e. The molecule has 0 fully saturated rings. The lowest BCUT2D eigenvalue weighted by Gasteiger charge is -2.13. The van der Waals surface area contributed by atoms with Crippen molar-refractivity contribution >= 4 is 0 Å². The molecule has 0 atom stereocenters. The predicted molar refractivity (Wildman–Crippen MR) is 114 cm³/mol. The van der Waals surface area contributed by atoms with Crippen LogP contribution in [0.5, 0.6) is 11.6 Å². The molecular formula is C25H21FN2O2. The van der Waals surface area contributed by atoms with E-state index < -0.39 is 0 Å². The molecule has 0 spiro atoms. The fourth-order valence-electron chi connectivity index (χ4n) is 2.92. The van der Waals surface area contributed by atoms with Crippen molar-refractivity contribution in [2.24, 2.45) is 0 Å². The van der Waals surface area contributed by atoms with Crippen LogP contribution in [0.4, 0.5) is 4.39 Å². The highest BCUT2D eigenvalue weighted by atomic mass is 19.1. The van der Waals surface area contributed by atoms with Gasteiger partial charge in [0.05, 0.1) is 5.69 Å². The summed E-state index contributed by atoms with van der Waals surface area (Å²) in [5, 5.41) is 8.44. The Hall–Kier alpha value is -3.73. The first-order chi connectivity index (χ1) is 14.7. The zero-order valence-corrected chi connectivity index (χ0v) is 16.6. The standard InChI is InChI=1S/C25H21FN2O2/c1-18-12-13-21(14-22(18)26)23-15-24(29-16-19-8-4-2-5-9-19)25(28-27-23)30-17-20-10-6-3-7-11-20/h2-15H,16-17H2,1H3. The Morgan fingerprint density at radius 1 is 0.733 bits per heavy atom. The number of halogens is 1. The molecule has 0 aliphatic rings. The van der Waals surface area contributed by atoms with Gasteiger partial charge in [0, 0.05) is 11.6 Å². The lowest BCUT2D eigenvalue weighted by atomic mass is 10.1. The van der Waals surface area contributed by atoms with E-state index in [4.69, 9.17) is 9.47 Å². The van der Waals surface area contributed by atoms with Crippen molar-refractivity contribution in [3.63, 3.8) is 0 Å². The molecule has 30 heavy (non-hydrogen) atoms. The van der Waals surface area contributed by atoms with E-state index in [2.05, 4.69) is 10.2 Å². The number of hydrogen-bond donors (Lipinski definition) is 0. The monoisotopic (exact) mass is 400 g/mol. The summed E-state index contributed by atoms with van der Waals surface area (Å²) in [6.45, 7) is 2.42. The van der Waals surface area contributed by atoms with Gasteiger partial charge in [0.15, 0.2) is 5.75 Å². The van der Waals surface area contributed by atoms with Gasteiger partial charge in [-0.15, -0.1) is 10.2 Å². The molecule has 150 valence electrons. The van der Waals surface area contributed by atoms with Gasteiger partial charge in [-0.2, -0.15) is 0 Å². The largest absolute Gasteiger partial charge is 0.483 e. The molecule has 3 aromatic carbocycles. The molecule has 0 aliphatic carbocycles. The summed E-state index contributed by atoms with van der Waals surface area (Å²) in [7, 11) is 0. The number of nitrogens with zero attached hydrogens (tertiary/aromatic N) is 2. The molecule has 0 saturated heterocycles. The molecule has 0 radical (unpaired) electrons. The molecule has 1 heterocycles. The van der Waals surface area contributed by atoms with Crippen molar-refractivity contribution in [1.82, 2.24) is 10.2 Å². The molecule has 5 heteroatoms. The van der Waals surface area contributed by atoms with Gasteiger partial charge in [-0.3, -0.25) is 0 Å². The number of benzene rings is 3. The van der Waals surface area contributed by atoms with Crippen LogP contribution < -0.4 is 9.47 Å². The van der Waals surface area contributed by atoms with Gasteiger partial charge in [0.2, 0.25) is 0 Å². The fraction of sp³-hybridized carbons (Fsp3) is 0.120. The van der Waals surface area contributed by atoms with Gasteiger partial charge in [-0.25, -0.2) is 4.39 Å². The molecule has 1 aromatic heterocycles. The first kappa shape index (κ1) is 19.6. The van der Waals surface area contributed by atoms with Crippen molar-refractivity contribution < 1.29 is 13.9 Å². The quantitative estimate of drug-likeness (QED) is 0.396. The highest BCUT2D eigenvalue weighted by Crippen LogP contribution is 2.30. The molecule has 4 rings (SSSR count). The Labute approximate surface area is 174 Å². The van der Waals surface area contributed by atoms with Crippen molar-refractivity contribution in [3.05, 3.63) is 107 Å². The third kappa shape index (κ3) is 4.81. The topological polar surface area (TPSA) is 44.2 Å². The van der Waals surface area contributed by atoms with Crippen LogP contribution in [0, 0.1) is 12.7 Å². The van der Waals surface area contributed by atoms with Gasteiger partial charge in [0.1, 0.15) is 19.0 Å². The summed E-state index contributed by atoms with van der Waals surface area (Å²) in [5.74, 6) is 0.470. The van der Waals surface area contributed by atoms with E-state index in [9.17, 15) is 4.39 Å². The minimum absolute atomic E-state index is 0.287. The summed E-state index contributed by atoms with van der Waals surface area (Å²) in [6.07, 6.45) is 0. The van der Waals surface area contributed by atoms with E-state index >= 15 is 0 Å². The average Bonchev–Trinajstić information content (AvgIpc) is 2.80. The van der Waals surface area contributed by atoms with Crippen LogP contribution in [-0.2, 0) is 13.2 Å². The zero-order valence-electron chi connectivity index (χ0n) is 16.6. The van der Waals surface area contributed by atoms with Crippen LogP contribution in [0.15, 0.2) is 84.9 Å². The van der Waals surface area contributed by atoms with Crippen molar-refractivity contribution in [2.75, 3.05) is 0 Å². The number of aryl methyl sites for hydroxylation is 1. The van der Waals surface area contributed by atoms with Crippen LogP contribution in [-0.4, -0.2) is 10.2 Å². The summed E-state index contributed by atoms with van der Waals surface area (Å²) >= 11 is 0. The third-order valence-electron chi connectivity index (χ3n) is 4.65. The van der Waals surface area contributed by atoms with E-state index in [1.165, 1.54) is 6.07 Å². The number of ether oxygens (including phenoxy) is 2. The van der Waals surface area contributed by atoms with Crippen molar-refractivity contribution in [3.8, 4) is 22.9 Å². The molecule has 0 aliphatic heterocycles. The van der Waals surface area contributed by atoms with Gasteiger partial charge in [-0.05, 0) is 29.7 Å². The molecule has 0 N–H and O–H groups in total. The highest BCUT2D eigenvalue weighted by Gasteiger charge is 2.13. The van der Waals surface area contributed by atoms with Gasteiger partial charge >= 0.3 is 0 Å². The number of rotatable bonds is 7. The number of hydrogen-bond acceptors (Lipinski definition) is 4. The first-order valence-corrected chi connectivity index (χ1v) is 9.67.